The molecule has 1 heterocycles. The fraction of sp³-hybridized carbons (Fsp3) is 0.353. The van der Waals surface area contributed by atoms with E-state index in [-0.39, 0.29) is 12.0 Å². The Morgan fingerprint density at radius 1 is 1.26 bits per heavy atom. The highest BCUT2D eigenvalue weighted by Gasteiger charge is 2.13. The van der Waals surface area contributed by atoms with E-state index in [0.717, 1.165) is 6.07 Å². The van der Waals surface area contributed by atoms with Crippen molar-refractivity contribution in [1.29, 1.82) is 0 Å². The Balaban J connectivity index is 1.92. The molecule has 0 fully saturated rings. The van der Waals surface area contributed by atoms with Crippen LogP contribution in [-0.2, 0) is 0 Å². The molecule has 1 aromatic heterocycles. The fourth-order valence-electron chi connectivity index (χ4n) is 2.27. The first-order valence-corrected chi connectivity index (χ1v) is 8.34. The molecular weight excluding hydrogens is 316 g/mol. The first-order chi connectivity index (χ1) is 11.0. The van der Waals surface area contributed by atoms with Gasteiger partial charge in [0.2, 0.25) is 0 Å². The monoisotopic (exact) mass is 337 g/mol. The van der Waals surface area contributed by atoms with Gasteiger partial charge < -0.3 is 10.6 Å². The summed E-state index contributed by atoms with van der Waals surface area (Å²) in [6.45, 7) is 4.44. The van der Waals surface area contributed by atoms with Gasteiger partial charge in [0, 0.05) is 30.5 Å². The molecule has 0 radical (unpaired) electrons. The van der Waals surface area contributed by atoms with E-state index in [1.165, 1.54) is 17.0 Å². The Kier molecular flexibility index (Phi) is 6.10. The van der Waals surface area contributed by atoms with Gasteiger partial charge in [0.15, 0.2) is 5.96 Å². The molecule has 0 aliphatic heterocycles. The second kappa shape index (κ2) is 8.06. The molecule has 2 N–H and O–H groups in total. The summed E-state index contributed by atoms with van der Waals surface area (Å²) >= 11 is 1.68. The third-order valence-electron chi connectivity index (χ3n) is 3.62. The summed E-state index contributed by atoms with van der Waals surface area (Å²) in [6, 6.07) is 7.89. The van der Waals surface area contributed by atoms with Gasteiger partial charge in [-0.3, -0.25) is 4.99 Å². The quantitative estimate of drug-likeness (QED) is 0.638. The number of guanidine groups is 1. The zero-order valence-electron chi connectivity index (χ0n) is 13.4. The van der Waals surface area contributed by atoms with Crippen molar-refractivity contribution in [2.45, 2.75) is 25.8 Å². The minimum atomic E-state index is -0.561. The molecule has 124 valence electrons. The normalized spacial score (nSPS) is 14.4. The predicted octanol–water partition coefficient (Wildman–Crippen LogP) is 4.06. The lowest BCUT2D eigenvalue weighted by molar-refractivity contribution is 0.555. The zero-order chi connectivity index (χ0) is 16.8. The Bertz CT molecular complexity index is 656. The van der Waals surface area contributed by atoms with Crippen LogP contribution in [-0.4, -0.2) is 19.6 Å². The van der Waals surface area contributed by atoms with E-state index in [2.05, 4.69) is 28.6 Å². The Morgan fingerprint density at radius 3 is 2.65 bits per heavy atom. The molecule has 2 rings (SSSR count). The number of hydrogen-bond acceptors (Lipinski definition) is 2. The predicted molar refractivity (Wildman–Crippen MR) is 92.0 cm³/mol. The Labute approximate surface area is 139 Å². The molecule has 0 amide bonds. The lowest BCUT2D eigenvalue weighted by Crippen LogP contribution is -2.40. The molecular formula is C17H21F2N3S. The second-order valence-electron chi connectivity index (χ2n) is 5.40. The van der Waals surface area contributed by atoms with Crippen molar-refractivity contribution < 1.29 is 8.78 Å². The number of thiophene rings is 1. The van der Waals surface area contributed by atoms with Crippen molar-refractivity contribution in [2.75, 3.05) is 13.6 Å². The van der Waals surface area contributed by atoms with Gasteiger partial charge in [0.05, 0.1) is 6.04 Å². The highest BCUT2D eigenvalue weighted by molar-refractivity contribution is 7.10. The number of rotatable bonds is 5. The third kappa shape index (κ3) is 4.76. The average molecular weight is 337 g/mol. The maximum atomic E-state index is 13.8. The van der Waals surface area contributed by atoms with Crippen LogP contribution in [0.3, 0.4) is 0 Å². The number of aliphatic imine (C=N–C) groups is 1. The van der Waals surface area contributed by atoms with E-state index in [9.17, 15) is 8.78 Å². The first-order valence-electron chi connectivity index (χ1n) is 7.46. The molecule has 0 bridgehead atoms. The van der Waals surface area contributed by atoms with Gasteiger partial charge in [-0.2, -0.15) is 0 Å². The van der Waals surface area contributed by atoms with Gasteiger partial charge in [0.1, 0.15) is 11.6 Å². The van der Waals surface area contributed by atoms with Crippen molar-refractivity contribution >= 4 is 17.3 Å². The molecule has 2 unspecified atom stereocenters. The maximum absolute atomic E-state index is 13.8. The summed E-state index contributed by atoms with van der Waals surface area (Å²) in [6.07, 6.45) is 0. The largest absolute Gasteiger partial charge is 0.356 e. The van der Waals surface area contributed by atoms with Gasteiger partial charge in [-0.05, 0) is 30.0 Å². The summed E-state index contributed by atoms with van der Waals surface area (Å²) in [7, 11) is 1.69. The first kappa shape index (κ1) is 17.4. The highest BCUT2D eigenvalue weighted by Crippen LogP contribution is 2.20. The summed E-state index contributed by atoms with van der Waals surface area (Å²) < 4.78 is 26.8. The number of nitrogens with zero attached hydrogens (tertiary/aromatic N) is 1. The van der Waals surface area contributed by atoms with Gasteiger partial charge in [0.25, 0.3) is 0 Å². The standard InChI is InChI=1S/C17H21F2N3S/c1-11(14-7-6-13(18)9-15(14)19)10-21-17(20-3)22-12(2)16-5-4-8-23-16/h4-9,11-12H,10H2,1-3H3,(H2,20,21,22). The number of hydrogen-bond donors (Lipinski definition) is 2. The van der Waals surface area contributed by atoms with Crippen molar-refractivity contribution in [2.24, 2.45) is 4.99 Å². The summed E-state index contributed by atoms with van der Waals surface area (Å²) in [5.41, 5.74) is 0.487. The van der Waals surface area contributed by atoms with Gasteiger partial charge in [-0.15, -0.1) is 11.3 Å². The van der Waals surface area contributed by atoms with Gasteiger partial charge in [-0.25, -0.2) is 8.78 Å². The van der Waals surface area contributed by atoms with Crippen LogP contribution in [0.5, 0.6) is 0 Å². The highest BCUT2D eigenvalue weighted by atomic mass is 32.1. The van der Waals surface area contributed by atoms with Crippen LogP contribution in [0.4, 0.5) is 8.78 Å². The molecule has 0 saturated heterocycles. The second-order valence-corrected chi connectivity index (χ2v) is 6.38. The van der Waals surface area contributed by atoms with Crippen LogP contribution in [0.25, 0.3) is 0 Å². The van der Waals surface area contributed by atoms with E-state index < -0.39 is 11.6 Å². The number of benzene rings is 1. The molecule has 2 atom stereocenters. The van der Waals surface area contributed by atoms with Crippen LogP contribution in [0.1, 0.15) is 36.2 Å². The van der Waals surface area contributed by atoms with Crippen LogP contribution in [0, 0.1) is 11.6 Å². The Morgan fingerprint density at radius 2 is 2.04 bits per heavy atom. The summed E-state index contributed by atoms with van der Waals surface area (Å²) in [5.74, 6) is -0.533. The molecule has 0 aliphatic carbocycles. The van der Waals surface area contributed by atoms with Crippen LogP contribution >= 0.6 is 11.3 Å². The van der Waals surface area contributed by atoms with Crippen LogP contribution < -0.4 is 10.6 Å². The van der Waals surface area contributed by atoms with E-state index in [1.807, 2.05) is 18.4 Å². The zero-order valence-corrected chi connectivity index (χ0v) is 14.3. The molecule has 23 heavy (non-hydrogen) atoms. The SMILES string of the molecule is CN=C(NCC(C)c1ccc(F)cc1F)NC(C)c1cccs1. The van der Waals surface area contributed by atoms with Gasteiger partial charge in [-0.1, -0.05) is 19.1 Å². The fourth-order valence-corrected chi connectivity index (χ4v) is 3.00. The molecule has 0 spiro atoms. The molecule has 6 heteroatoms. The Hall–Kier alpha value is -1.95. The molecule has 3 nitrogen and oxygen atoms in total. The maximum Gasteiger partial charge on any atom is 0.191 e. The van der Waals surface area contributed by atoms with E-state index in [1.54, 1.807) is 18.4 Å². The molecule has 0 saturated carbocycles. The number of nitrogens with one attached hydrogen (secondary N) is 2. The lowest BCUT2D eigenvalue weighted by Gasteiger charge is -2.19. The van der Waals surface area contributed by atoms with Crippen molar-refractivity contribution in [3.05, 3.63) is 57.8 Å². The topological polar surface area (TPSA) is 36.4 Å². The van der Waals surface area contributed by atoms with Gasteiger partial charge >= 0.3 is 0 Å². The minimum Gasteiger partial charge on any atom is -0.356 e. The smallest absolute Gasteiger partial charge is 0.191 e. The summed E-state index contributed by atoms with van der Waals surface area (Å²) in [5, 5.41) is 8.51. The minimum absolute atomic E-state index is 0.105. The molecule has 2 aromatic rings. The van der Waals surface area contributed by atoms with Crippen LogP contribution in [0.15, 0.2) is 40.7 Å². The summed E-state index contributed by atoms with van der Waals surface area (Å²) in [4.78, 5) is 5.40. The third-order valence-corrected chi connectivity index (χ3v) is 4.67. The van der Waals surface area contributed by atoms with E-state index >= 15 is 0 Å². The van der Waals surface area contributed by atoms with Crippen molar-refractivity contribution in [3.63, 3.8) is 0 Å². The van der Waals surface area contributed by atoms with Crippen molar-refractivity contribution in [1.82, 2.24) is 10.6 Å². The lowest BCUT2D eigenvalue weighted by atomic mass is 10.0. The average Bonchev–Trinajstić information content (AvgIpc) is 3.05. The van der Waals surface area contributed by atoms with Crippen LogP contribution in [0.2, 0.25) is 0 Å². The van der Waals surface area contributed by atoms with E-state index in [0.29, 0.717) is 18.1 Å². The van der Waals surface area contributed by atoms with Crippen molar-refractivity contribution in [3.8, 4) is 0 Å². The van der Waals surface area contributed by atoms with E-state index in [4.69, 9.17) is 0 Å². The molecule has 1 aromatic carbocycles. The number of halogens is 2. The molecule has 0 aliphatic rings.